The number of thioether (sulfide) groups is 1. The van der Waals surface area contributed by atoms with E-state index in [0.29, 0.717) is 5.41 Å². The predicted octanol–water partition coefficient (Wildman–Crippen LogP) is 4.29. The van der Waals surface area contributed by atoms with E-state index in [-0.39, 0.29) is 4.75 Å². The summed E-state index contributed by atoms with van der Waals surface area (Å²) in [5.41, 5.74) is 0.368. The maximum atomic E-state index is 9.54. The lowest BCUT2D eigenvalue weighted by Gasteiger charge is -2.54. The maximum Gasteiger partial charge on any atom is 0.108 e. The lowest BCUT2D eigenvalue weighted by Crippen LogP contribution is -2.51. The Morgan fingerprint density at radius 2 is 1.79 bits per heavy atom. The Balaban J connectivity index is 1.69. The highest BCUT2D eigenvalue weighted by Gasteiger charge is 2.55. The highest BCUT2D eigenvalue weighted by atomic mass is 35.5. The highest BCUT2D eigenvalue weighted by Crippen LogP contribution is 2.61. The molecule has 0 atom stereocenters. The van der Waals surface area contributed by atoms with Gasteiger partial charge in [-0.3, -0.25) is 0 Å². The zero-order valence-corrected chi connectivity index (χ0v) is 12.3. The first kappa shape index (κ1) is 13.3. The van der Waals surface area contributed by atoms with Crippen LogP contribution in [-0.2, 0) is 4.74 Å². The Morgan fingerprint density at radius 1 is 1.16 bits per heavy atom. The Bertz CT molecular complexity index is 494. The van der Waals surface area contributed by atoms with Crippen LogP contribution in [-0.4, -0.2) is 18.0 Å². The molecule has 1 aromatic rings. The first-order valence-corrected chi connectivity index (χ1v) is 7.79. The lowest BCUT2D eigenvalue weighted by molar-refractivity contribution is -0.0364. The molecule has 3 rings (SSSR count). The Labute approximate surface area is 123 Å². The van der Waals surface area contributed by atoms with Crippen LogP contribution in [0.15, 0.2) is 29.2 Å². The minimum Gasteiger partial charge on any atom is -0.381 e. The fraction of sp³-hybridized carbons (Fsp3) is 0.533. The molecule has 0 aromatic heterocycles. The van der Waals surface area contributed by atoms with Gasteiger partial charge in [-0.2, -0.15) is 5.26 Å². The molecule has 0 N–H and O–H groups in total. The number of hydrogen-bond acceptors (Lipinski definition) is 3. The third-order valence-corrected chi connectivity index (χ3v) is 5.74. The summed E-state index contributed by atoms with van der Waals surface area (Å²) < 4.78 is 5.18. The second-order valence-electron chi connectivity index (χ2n) is 5.63. The second kappa shape index (κ2) is 5.01. The van der Waals surface area contributed by atoms with Crippen molar-refractivity contribution in [1.82, 2.24) is 0 Å². The van der Waals surface area contributed by atoms with Crippen molar-refractivity contribution in [2.75, 3.05) is 13.2 Å². The number of ether oxygens (including phenoxy) is 1. The molecule has 0 bridgehead atoms. The van der Waals surface area contributed by atoms with Gasteiger partial charge in [0.2, 0.25) is 0 Å². The topological polar surface area (TPSA) is 33.0 Å². The van der Waals surface area contributed by atoms with Crippen molar-refractivity contribution in [2.24, 2.45) is 5.41 Å². The van der Waals surface area contributed by atoms with Crippen LogP contribution >= 0.6 is 23.4 Å². The molecule has 19 heavy (non-hydrogen) atoms. The summed E-state index contributed by atoms with van der Waals surface area (Å²) in [5, 5.41) is 10.3. The molecule has 0 unspecified atom stereocenters. The van der Waals surface area contributed by atoms with Crippen molar-refractivity contribution in [3.8, 4) is 6.07 Å². The number of halogens is 1. The molecule has 1 spiro atoms. The van der Waals surface area contributed by atoms with E-state index in [1.807, 2.05) is 24.3 Å². The second-order valence-corrected chi connectivity index (χ2v) is 7.52. The first-order valence-electron chi connectivity index (χ1n) is 6.59. The molecule has 100 valence electrons. The molecule has 0 radical (unpaired) electrons. The number of nitrogens with zero attached hydrogens (tertiary/aromatic N) is 1. The molecule has 1 saturated heterocycles. The number of rotatable bonds is 2. The zero-order valence-electron chi connectivity index (χ0n) is 10.7. The van der Waals surface area contributed by atoms with Crippen LogP contribution in [0.5, 0.6) is 0 Å². The van der Waals surface area contributed by atoms with Gasteiger partial charge in [0.05, 0.1) is 6.07 Å². The first-order chi connectivity index (χ1) is 9.15. The summed E-state index contributed by atoms with van der Waals surface area (Å²) >= 11 is 7.59. The van der Waals surface area contributed by atoms with Gasteiger partial charge in [0.25, 0.3) is 0 Å². The quantitative estimate of drug-likeness (QED) is 0.816. The number of benzene rings is 1. The van der Waals surface area contributed by atoms with Gasteiger partial charge in [-0.05, 0) is 55.4 Å². The van der Waals surface area contributed by atoms with Crippen LogP contribution in [0.25, 0.3) is 0 Å². The van der Waals surface area contributed by atoms with E-state index in [2.05, 4.69) is 6.07 Å². The monoisotopic (exact) mass is 293 g/mol. The van der Waals surface area contributed by atoms with E-state index in [1.165, 1.54) is 0 Å². The third kappa shape index (κ3) is 2.63. The van der Waals surface area contributed by atoms with Gasteiger partial charge >= 0.3 is 0 Å². The smallest absolute Gasteiger partial charge is 0.108 e. The fourth-order valence-electron chi connectivity index (χ4n) is 3.22. The largest absolute Gasteiger partial charge is 0.381 e. The van der Waals surface area contributed by atoms with Gasteiger partial charge in [0.1, 0.15) is 4.75 Å². The van der Waals surface area contributed by atoms with Crippen molar-refractivity contribution in [2.45, 2.75) is 35.3 Å². The van der Waals surface area contributed by atoms with E-state index < -0.39 is 0 Å². The van der Waals surface area contributed by atoms with Crippen LogP contribution in [0.4, 0.5) is 0 Å². The summed E-state index contributed by atoms with van der Waals surface area (Å²) in [7, 11) is 0. The molecule has 1 aliphatic carbocycles. The molecule has 1 saturated carbocycles. The molecule has 1 heterocycles. The van der Waals surface area contributed by atoms with Crippen molar-refractivity contribution in [3.05, 3.63) is 29.3 Å². The molecule has 2 nitrogen and oxygen atoms in total. The molecule has 1 aliphatic heterocycles. The zero-order chi connectivity index (χ0) is 13.3. The molecule has 0 amide bonds. The lowest BCUT2D eigenvalue weighted by atomic mass is 9.58. The third-order valence-electron chi connectivity index (χ3n) is 4.21. The van der Waals surface area contributed by atoms with Crippen molar-refractivity contribution in [3.63, 3.8) is 0 Å². The van der Waals surface area contributed by atoms with E-state index in [9.17, 15) is 5.26 Å². The van der Waals surface area contributed by atoms with Gasteiger partial charge < -0.3 is 4.74 Å². The van der Waals surface area contributed by atoms with Crippen LogP contribution in [0.2, 0.25) is 5.02 Å². The molecule has 2 fully saturated rings. The van der Waals surface area contributed by atoms with Crippen molar-refractivity contribution < 1.29 is 4.74 Å². The Morgan fingerprint density at radius 3 is 2.37 bits per heavy atom. The molecule has 2 aliphatic rings. The van der Waals surface area contributed by atoms with Gasteiger partial charge in [0, 0.05) is 23.1 Å². The standard InChI is InChI=1S/C15H16ClNOS/c16-12-1-3-13(4-2-12)19-15(11-17)9-14(10-15)5-7-18-8-6-14/h1-4H,5-10H2. The Kier molecular flexibility index (Phi) is 3.51. The summed E-state index contributed by atoms with van der Waals surface area (Å²) in [6.07, 6.45) is 4.20. The van der Waals surface area contributed by atoms with E-state index in [0.717, 1.165) is 48.8 Å². The molecular weight excluding hydrogens is 278 g/mol. The number of hydrogen-bond donors (Lipinski definition) is 0. The molecule has 1 aromatic carbocycles. The average Bonchev–Trinajstić information content (AvgIpc) is 2.40. The summed E-state index contributed by atoms with van der Waals surface area (Å²) in [6, 6.07) is 10.3. The summed E-state index contributed by atoms with van der Waals surface area (Å²) in [5.74, 6) is 0. The molecule has 4 heteroatoms. The maximum absolute atomic E-state index is 9.54. The van der Waals surface area contributed by atoms with Gasteiger partial charge in [-0.15, -0.1) is 11.8 Å². The Hall–Kier alpha value is -0.690. The van der Waals surface area contributed by atoms with Crippen LogP contribution in [0.3, 0.4) is 0 Å². The van der Waals surface area contributed by atoms with Crippen LogP contribution in [0.1, 0.15) is 25.7 Å². The average molecular weight is 294 g/mol. The minimum atomic E-state index is -0.245. The normalized spacial score (nSPS) is 23.6. The van der Waals surface area contributed by atoms with Crippen molar-refractivity contribution >= 4 is 23.4 Å². The van der Waals surface area contributed by atoms with Crippen LogP contribution in [0, 0.1) is 16.7 Å². The van der Waals surface area contributed by atoms with E-state index in [1.54, 1.807) is 11.8 Å². The van der Waals surface area contributed by atoms with E-state index >= 15 is 0 Å². The fourth-order valence-corrected chi connectivity index (χ4v) is 4.87. The number of nitriles is 1. The van der Waals surface area contributed by atoms with Crippen LogP contribution < -0.4 is 0 Å². The predicted molar refractivity (Wildman–Crippen MR) is 77.4 cm³/mol. The van der Waals surface area contributed by atoms with Gasteiger partial charge in [0.15, 0.2) is 0 Å². The van der Waals surface area contributed by atoms with Gasteiger partial charge in [-0.1, -0.05) is 11.6 Å². The van der Waals surface area contributed by atoms with Gasteiger partial charge in [-0.25, -0.2) is 0 Å². The summed E-state index contributed by atoms with van der Waals surface area (Å²) in [4.78, 5) is 1.13. The van der Waals surface area contributed by atoms with Crippen molar-refractivity contribution in [1.29, 1.82) is 5.26 Å². The summed E-state index contributed by atoms with van der Waals surface area (Å²) in [6.45, 7) is 1.71. The SMILES string of the molecule is N#CC1(Sc2ccc(Cl)cc2)CC2(CCOCC2)C1. The highest BCUT2D eigenvalue weighted by molar-refractivity contribution is 8.01. The molecular formula is C15H16ClNOS. The van der Waals surface area contributed by atoms with E-state index in [4.69, 9.17) is 16.3 Å². The minimum absolute atomic E-state index is 0.245.